The molecule has 1 aliphatic carbocycles. The molecule has 0 saturated heterocycles. The first kappa shape index (κ1) is 30.3. The van der Waals surface area contributed by atoms with E-state index in [9.17, 15) is 15.8 Å². The number of ether oxygens (including phenoxy) is 3. The van der Waals surface area contributed by atoms with Crippen LogP contribution in [0.2, 0.25) is 0 Å². The summed E-state index contributed by atoms with van der Waals surface area (Å²) < 4.78 is 20.9. The lowest BCUT2D eigenvalue weighted by Gasteiger charge is -2.40. The Balaban J connectivity index is 1.35. The zero-order valence-electron chi connectivity index (χ0n) is 24.6. The van der Waals surface area contributed by atoms with Crippen LogP contribution in [-0.4, -0.2) is 14.2 Å². The first-order chi connectivity index (χ1) is 22.4. The minimum atomic E-state index is -0.401. The van der Waals surface area contributed by atoms with Crippen LogP contribution in [0, 0.1) is 40.6 Å². The van der Waals surface area contributed by atoms with Gasteiger partial charge in [-0.15, -0.1) is 56.7 Å². The van der Waals surface area contributed by atoms with E-state index in [4.69, 9.17) is 20.8 Å². The van der Waals surface area contributed by atoms with E-state index in [1.807, 2.05) is 30.3 Å². The van der Waals surface area contributed by atoms with E-state index >= 15 is 0 Å². The second kappa shape index (κ2) is 12.1. The average Bonchev–Trinajstić information content (AvgIpc) is 3.90. The third-order valence-electron chi connectivity index (χ3n) is 8.07. The third-order valence-corrected chi connectivity index (χ3v) is 14.2. The molecule has 7 nitrogen and oxygen atoms in total. The zero-order valence-corrected chi connectivity index (χ0v) is 28.6. The lowest BCUT2D eigenvalue weighted by molar-refractivity contribution is 0.0267. The molecule has 46 heavy (non-hydrogen) atoms. The summed E-state index contributed by atoms with van der Waals surface area (Å²) in [4.78, 5) is 11.3. The quantitative estimate of drug-likeness (QED) is 0.129. The van der Waals surface area contributed by atoms with Gasteiger partial charge in [0, 0.05) is 20.2 Å². The Morgan fingerprint density at radius 2 is 1.46 bits per heavy atom. The normalized spacial score (nSPS) is 14.7. The smallest absolute Gasteiger partial charge is 0.263 e. The Hall–Kier alpha value is -4.40. The molecule has 7 rings (SSSR count). The molecule has 0 amide bonds. The van der Waals surface area contributed by atoms with Crippen LogP contribution in [0.5, 0.6) is 17.2 Å². The molecular formula is C34H22N4O3S5. The molecule has 0 N–H and O–H groups in total. The Kier molecular flexibility index (Phi) is 7.95. The Labute approximate surface area is 285 Å². The molecule has 1 fully saturated rings. The van der Waals surface area contributed by atoms with Crippen molar-refractivity contribution >= 4 is 78.2 Å². The van der Waals surface area contributed by atoms with Gasteiger partial charge in [-0.2, -0.15) is 10.5 Å². The van der Waals surface area contributed by atoms with Crippen molar-refractivity contribution in [2.24, 2.45) is 0 Å². The summed E-state index contributed by atoms with van der Waals surface area (Å²) in [7, 11) is 3.28. The van der Waals surface area contributed by atoms with Crippen molar-refractivity contribution in [2.75, 3.05) is 14.2 Å². The van der Waals surface area contributed by atoms with Crippen LogP contribution in [0.3, 0.4) is 0 Å². The van der Waals surface area contributed by atoms with Crippen LogP contribution >= 0.6 is 56.7 Å². The number of methoxy groups -OCH3 is 2. The number of thiophene rings is 5. The summed E-state index contributed by atoms with van der Waals surface area (Å²) in [5.74, 6) is 2.38. The van der Waals surface area contributed by atoms with Gasteiger partial charge in [0.1, 0.15) is 34.8 Å². The van der Waals surface area contributed by atoms with Gasteiger partial charge in [0.25, 0.3) is 5.70 Å². The highest BCUT2D eigenvalue weighted by Crippen LogP contribution is 2.62. The van der Waals surface area contributed by atoms with E-state index in [0.717, 1.165) is 80.7 Å². The zero-order chi connectivity index (χ0) is 32.0. The fourth-order valence-electron chi connectivity index (χ4n) is 6.01. The van der Waals surface area contributed by atoms with Crippen molar-refractivity contribution in [1.29, 1.82) is 15.8 Å². The highest BCUT2D eigenvalue weighted by Gasteiger charge is 2.45. The van der Waals surface area contributed by atoms with E-state index in [-0.39, 0.29) is 11.3 Å². The van der Waals surface area contributed by atoms with Crippen molar-refractivity contribution in [3.05, 3.63) is 62.3 Å². The molecule has 0 radical (unpaired) electrons. The molecule has 226 valence electrons. The molecule has 6 heterocycles. The first-order valence-electron chi connectivity index (χ1n) is 14.2. The maximum atomic E-state index is 9.28. The van der Waals surface area contributed by atoms with Crippen molar-refractivity contribution < 1.29 is 14.2 Å². The largest absolute Gasteiger partial charge is 0.495 e. The highest BCUT2D eigenvalue weighted by molar-refractivity contribution is 7.34. The molecule has 5 aromatic heterocycles. The lowest BCUT2D eigenvalue weighted by atomic mass is 9.78. The lowest BCUT2D eigenvalue weighted by Crippen LogP contribution is -2.37. The third kappa shape index (κ3) is 5.00. The number of hydrogen-bond acceptors (Lipinski definition) is 11. The van der Waals surface area contributed by atoms with Gasteiger partial charge in [-0.25, -0.2) is 10.1 Å². The number of allylic oxidation sites excluding steroid dienone is 2. The standard InChI is InChI=1S/C34H22N4O3S5/c1-38-19(17-37)10-21-12-24(40-3)31(43-21)26-14-27-32(45-26)28-33(46-27)29-22(34(41-28)7-5-4-6-8-34)13-25(44-29)30-23(39-2)11-20(42-30)9-18(15-35)16-36/h9-14H,4-8H2,2-3H3/b19-10+. The van der Waals surface area contributed by atoms with Crippen LogP contribution in [-0.2, 0) is 5.60 Å². The summed E-state index contributed by atoms with van der Waals surface area (Å²) in [6, 6.07) is 14.1. The predicted octanol–water partition coefficient (Wildman–Crippen LogP) is 10.9. The van der Waals surface area contributed by atoms with Crippen LogP contribution < -0.4 is 14.2 Å². The molecule has 0 bridgehead atoms. The van der Waals surface area contributed by atoms with Gasteiger partial charge in [-0.1, -0.05) is 6.42 Å². The second-order valence-electron chi connectivity index (χ2n) is 10.7. The van der Waals surface area contributed by atoms with Gasteiger partial charge < -0.3 is 14.2 Å². The average molecular weight is 695 g/mol. The minimum Gasteiger partial charge on any atom is -0.495 e. The summed E-state index contributed by atoms with van der Waals surface area (Å²) in [6.07, 6.45) is 8.50. The van der Waals surface area contributed by atoms with Crippen molar-refractivity contribution in [3.8, 4) is 64.7 Å². The number of hydrogen-bond donors (Lipinski definition) is 0. The van der Waals surface area contributed by atoms with Gasteiger partial charge in [-0.3, -0.25) is 0 Å². The summed E-state index contributed by atoms with van der Waals surface area (Å²) in [6.45, 7) is 7.23. The maximum Gasteiger partial charge on any atom is 0.263 e. The van der Waals surface area contributed by atoms with Gasteiger partial charge >= 0.3 is 0 Å². The summed E-state index contributed by atoms with van der Waals surface area (Å²) >= 11 is 8.20. The number of fused-ring (bicyclic) bond motifs is 6. The summed E-state index contributed by atoms with van der Waals surface area (Å²) in [5, 5.41) is 27.8. The van der Waals surface area contributed by atoms with Crippen LogP contribution in [0.25, 0.3) is 55.7 Å². The number of rotatable bonds is 6. The topological polar surface area (TPSA) is 103 Å². The van der Waals surface area contributed by atoms with Crippen molar-refractivity contribution in [2.45, 2.75) is 37.7 Å². The van der Waals surface area contributed by atoms with Gasteiger partial charge in [0.2, 0.25) is 0 Å². The van der Waals surface area contributed by atoms with Crippen molar-refractivity contribution in [1.82, 2.24) is 0 Å². The number of nitriles is 3. The fourth-order valence-corrected chi connectivity index (χ4v) is 12.2. The fraction of sp³-hybridized carbons (Fsp3) is 0.235. The number of nitrogens with zero attached hydrogens (tertiary/aromatic N) is 4. The SMILES string of the molecule is [C-]#[N+]/C(C#N)=C/c1cc(OC)c(-c2cc3sc4c(c3s2)OC2(CCCCC2)c2cc(-c3sc(C=C(C#N)C#N)cc3OC)sc2-4)s1. The predicted molar refractivity (Wildman–Crippen MR) is 188 cm³/mol. The maximum absolute atomic E-state index is 9.28. The first-order valence-corrected chi connectivity index (χ1v) is 18.3. The van der Waals surface area contributed by atoms with E-state index < -0.39 is 5.60 Å². The minimum absolute atomic E-state index is 0.0379. The molecule has 1 saturated carbocycles. The Bertz CT molecular complexity index is 2230. The van der Waals surface area contributed by atoms with Gasteiger partial charge in [0.05, 0.1) is 60.6 Å². The molecule has 5 aromatic rings. The van der Waals surface area contributed by atoms with Crippen molar-refractivity contribution in [3.63, 3.8) is 0 Å². The molecule has 12 heteroatoms. The van der Waals surface area contributed by atoms with Crippen LogP contribution in [0.4, 0.5) is 0 Å². The molecule has 0 aromatic carbocycles. The Morgan fingerprint density at radius 3 is 2.07 bits per heavy atom. The highest BCUT2D eigenvalue weighted by atomic mass is 32.1. The molecule has 1 aliphatic heterocycles. The van der Waals surface area contributed by atoms with E-state index in [0.29, 0.717) is 5.75 Å². The molecule has 1 spiro atoms. The molecule has 2 aliphatic rings. The second-order valence-corrected chi connectivity index (χ2v) is 16.0. The molecule has 0 atom stereocenters. The van der Waals surface area contributed by atoms with Gasteiger partial charge in [-0.05, 0) is 62.1 Å². The Morgan fingerprint density at radius 1 is 0.804 bits per heavy atom. The van der Waals surface area contributed by atoms with E-state index in [2.05, 4.69) is 17.0 Å². The molecular weight excluding hydrogens is 673 g/mol. The monoisotopic (exact) mass is 694 g/mol. The summed E-state index contributed by atoms with van der Waals surface area (Å²) in [5.41, 5.74) is 0.930. The van der Waals surface area contributed by atoms with Crippen LogP contribution in [0.15, 0.2) is 35.5 Å². The van der Waals surface area contributed by atoms with Gasteiger partial charge in [0.15, 0.2) is 5.75 Å². The van der Waals surface area contributed by atoms with E-state index in [1.54, 1.807) is 60.4 Å². The molecule has 0 unspecified atom stereocenters. The van der Waals surface area contributed by atoms with E-state index in [1.165, 1.54) is 39.5 Å². The van der Waals surface area contributed by atoms with Crippen LogP contribution in [0.1, 0.15) is 47.4 Å².